The van der Waals surface area contributed by atoms with E-state index in [2.05, 4.69) is 6.92 Å². The van der Waals surface area contributed by atoms with Gasteiger partial charge in [-0.2, -0.15) is 0 Å². The van der Waals surface area contributed by atoms with E-state index in [1.54, 1.807) is 0 Å². The molecule has 2 rings (SSSR count). The van der Waals surface area contributed by atoms with Gasteiger partial charge >= 0.3 is 0 Å². The summed E-state index contributed by atoms with van der Waals surface area (Å²) < 4.78 is 14.0. The van der Waals surface area contributed by atoms with E-state index in [4.69, 9.17) is 5.73 Å². The average Bonchev–Trinajstić information content (AvgIpc) is 2.32. The highest BCUT2D eigenvalue weighted by Crippen LogP contribution is 2.50. The summed E-state index contributed by atoms with van der Waals surface area (Å²) in [5.41, 5.74) is 5.01. The van der Waals surface area contributed by atoms with E-state index >= 15 is 0 Å². The number of nitrogens with two attached hydrogens (primary N) is 1. The van der Waals surface area contributed by atoms with Crippen molar-refractivity contribution in [3.05, 3.63) is 0 Å². The second-order valence-corrected chi connectivity index (χ2v) is 5.51. The molecule has 0 radical (unpaired) electrons. The van der Waals surface area contributed by atoms with Crippen LogP contribution in [0.4, 0.5) is 4.39 Å². The summed E-state index contributed by atoms with van der Waals surface area (Å²) in [6.07, 6.45) is 6.97. The van der Waals surface area contributed by atoms with E-state index in [-0.39, 0.29) is 11.5 Å². The van der Waals surface area contributed by atoms with Gasteiger partial charge in [0, 0.05) is 6.04 Å². The van der Waals surface area contributed by atoms with Crippen LogP contribution in [0.5, 0.6) is 0 Å². The third-order valence-electron chi connectivity index (χ3n) is 3.81. The Balaban J connectivity index is 1.90. The quantitative estimate of drug-likeness (QED) is 0.703. The highest BCUT2D eigenvalue weighted by Gasteiger charge is 2.47. The molecule has 0 heterocycles. The van der Waals surface area contributed by atoms with Crippen molar-refractivity contribution in [2.24, 2.45) is 11.1 Å². The minimum absolute atomic E-state index is 0.134. The number of alkyl halides is 1. The van der Waals surface area contributed by atoms with Crippen LogP contribution in [0.25, 0.3) is 0 Å². The molecular formula is C11H20FN. The predicted octanol–water partition coefficient (Wildman–Crippen LogP) is 2.79. The van der Waals surface area contributed by atoms with Crippen LogP contribution in [0.2, 0.25) is 0 Å². The van der Waals surface area contributed by atoms with Crippen LogP contribution >= 0.6 is 0 Å². The fourth-order valence-corrected chi connectivity index (χ4v) is 3.19. The highest BCUT2D eigenvalue weighted by atomic mass is 19.1. The van der Waals surface area contributed by atoms with Crippen molar-refractivity contribution in [3.63, 3.8) is 0 Å². The lowest BCUT2D eigenvalue weighted by Gasteiger charge is -2.44. The van der Waals surface area contributed by atoms with Crippen LogP contribution in [-0.2, 0) is 0 Å². The zero-order chi connectivity index (χ0) is 9.53. The van der Waals surface area contributed by atoms with Crippen molar-refractivity contribution in [1.82, 2.24) is 0 Å². The lowest BCUT2D eigenvalue weighted by atomic mass is 9.67. The third kappa shape index (κ3) is 1.88. The maximum atomic E-state index is 14.0. The zero-order valence-electron chi connectivity index (χ0n) is 8.48. The van der Waals surface area contributed by atoms with Crippen molar-refractivity contribution in [1.29, 1.82) is 0 Å². The standard InChI is InChI=1S/C11H20FN/c1-10(4-2-3-5-10)8-11(12)6-9(13)7-11/h9H,2-8,13H2,1H3. The molecule has 2 aliphatic carbocycles. The van der Waals surface area contributed by atoms with Crippen LogP contribution in [0.15, 0.2) is 0 Å². The molecule has 0 bridgehead atoms. The predicted molar refractivity (Wildman–Crippen MR) is 52.2 cm³/mol. The second-order valence-electron chi connectivity index (χ2n) is 5.51. The molecule has 2 aliphatic rings. The normalized spacial score (nSPS) is 43.2. The Labute approximate surface area is 79.9 Å². The van der Waals surface area contributed by atoms with Gasteiger partial charge in [-0.1, -0.05) is 19.8 Å². The van der Waals surface area contributed by atoms with Crippen LogP contribution < -0.4 is 5.73 Å². The summed E-state index contributed by atoms with van der Waals surface area (Å²) in [7, 11) is 0. The molecule has 0 aromatic rings. The van der Waals surface area contributed by atoms with Gasteiger partial charge < -0.3 is 5.73 Å². The first-order valence-corrected chi connectivity index (χ1v) is 5.46. The third-order valence-corrected chi connectivity index (χ3v) is 3.81. The lowest BCUT2D eigenvalue weighted by Crippen LogP contribution is -2.50. The molecule has 13 heavy (non-hydrogen) atoms. The Morgan fingerprint density at radius 2 is 1.85 bits per heavy atom. The van der Waals surface area contributed by atoms with E-state index < -0.39 is 5.67 Å². The van der Waals surface area contributed by atoms with Crippen LogP contribution in [0, 0.1) is 5.41 Å². The van der Waals surface area contributed by atoms with Gasteiger partial charge in [-0.3, -0.25) is 0 Å². The molecule has 0 unspecified atom stereocenters. The van der Waals surface area contributed by atoms with Gasteiger partial charge in [0.1, 0.15) is 5.67 Å². The summed E-state index contributed by atoms with van der Waals surface area (Å²) in [5.74, 6) is 0. The molecule has 0 spiro atoms. The first-order valence-electron chi connectivity index (χ1n) is 5.46. The molecule has 0 aromatic heterocycles. The molecule has 76 valence electrons. The van der Waals surface area contributed by atoms with Crippen molar-refractivity contribution in [2.45, 2.75) is 63.6 Å². The number of hydrogen-bond donors (Lipinski definition) is 1. The van der Waals surface area contributed by atoms with Gasteiger partial charge in [-0.05, 0) is 37.5 Å². The smallest absolute Gasteiger partial charge is 0.114 e. The molecule has 2 saturated carbocycles. The maximum Gasteiger partial charge on any atom is 0.114 e. The number of rotatable bonds is 2. The second kappa shape index (κ2) is 2.94. The van der Waals surface area contributed by atoms with E-state index in [1.807, 2.05) is 0 Å². The molecule has 2 N–H and O–H groups in total. The molecular weight excluding hydrogens is 165 g/mol. The van der Waals surface area contributed by atoms with Crippen LogP contribution in [0.3, 0.4) is 0 Å². The summed E-state index contributed by atoms with van der Waals surface area (Å²) in [6.45, 7) is 2.24. The average molecular weight is 185 g/mol. The molecule has 0 aliphatic heterocycles. The fraction of sp³-hybridized carbons (Fsp3) is 1.00. The topological polar surface area (TPSA) is 26.0 Å². The number of hydrogen-bond acceptors (Lipinski definition) is 1. The van der Waals surface area contributed by atoms with Crippen molar-refractivity contribution >= 4 is 0 Å². The first kappa shape index (κ1) is 9.45. The summed E-state index contributed by atoms with van der Waals surface area (Å²) in [4.78, 5) is 0. The van der Waals surface area contributed by atoms with Gasteiger partial charge in [-0.15, -0.1) is 0 Å². The van der Waals surface area contributed by atoms with Crippen LogP contribution in [-0.4, -0.2) is 11.7 Å². The van der Waals surface area contributed by atoms with Gasteiger partial charge in [-0.25, -0.2) is 4.39 Å². The van der Waals surface area contributed by atoms with Crippen molar-refractivity contribution in [2.75, 3.05) is 0 Å². The minimum atomic E-state index is -0.904. The molecule has 0 atom stereocenters. The molecule has 2 fully saturated rings. The van der Waals surface area contributed by atoms with E-state index in [1.165, 1.54) is 25.7 Å². The highest BCUT2D eigenvalue weighted by molar-refractivity contribution is 5.01. The molecule has 0 aromatic carbocycles. The Morgan fingerprint density at radius 1 is 1.31 bits per heavy atom. The van der Waals surface area contributed by atoms with E-state index in [9.17, 15) is 4.39 Å². The lowest BCUT2D eigenvalue weighted by molar-refractivity contribution is -0.00260. The Kier molecular flexibility index (Phi) is 2.14. The van der Waals surface area contributed by atoms with E-state index in [0.717, 1.165) is 6.42 Å². The summed E-state index contributed by atoms with van der Waals surface area (Å²) >= 11 is 0. The first-order chi connectivity index (χ1) is 6.02. The summed E-state index contributed by atoms with van der Waals surface area (Å²) in [6, 6.07) is 0.134. The van der Waals surface area contributed by atoms with Gasteiger partial charge in [0.25, 0.3) is 0 Å². The van der Waals surface area contributed by atoms with Gasteiger partial charge in [0.2, 0.25) is 0 Å². The Morgan fingerprint density at radius 3 is 2.31 bits per heavy atom. The largest absolute Gasteiger partial charge is 0.327 e. The summed E-state index contributed by atoms with van der Waals surface area (Å²) in [5, 5.41) is 0. The van der Waals surface area contributed by atoms with E-state index in [0.29, 0.717) is 12.8 Å². The molecule has 0 amide bonds. The monoisotopic (exact) mass is 185 g/mol. The fourth-order valence-electron chi connectivity index (χ4n) is 3.19. The minimum Gasteiger partial charge on any atom is -0.327 e. The molecule has 1 nitrogen and oxygen atoms in total. The Hall–Kier alpha value is -0.110. The molecule has 2 heteroatoms. The van der Waals surface area contributed by atoms with Gasteiger partial charge in [0.15, 0.2) is 0 Å². The maximum absolute atomic E-state index is 14.0. The SMILES string of the molecule is CC1(CC2(F)CC(N)C2)CCCC1. The Bertz CT molecular complexity index is 190. The van der Waals surface area contributed by atoms with Crippen molar-refractivity contribution in [3.8, 4) is 0 Å². The number of halogens is 1. The molecule has 0 saturated heterocycles. The van der Waals surface area contributed by atoms with Crippen LogP contribution in [0.1, 0.15) is 51.9 Å². The van der Waals surface area contributed by atoms with Gasteiger partial charge in [0.05, 0.1) is 0 Å². The zero-order valence-corrected chi connectivity index (χ0v) is 8.48. The van der Waals surface area contributed by atoms with Crippen molar-refractivity contribution < 1.29 is 4.39 Å².